The zero-order valence-corrected chi connectivity index (χ0v) is 11.7. The lowest BCUT2D eigenvalue weighted by Crippen LogP contribution is -2.05. The fourth-order valence-electron chi connectivity index (χ4n) is 2.17. The van der Waals surface area contributed by atoms with Gasteiger partial charge >= 0.3 is 5.97 Å². The van der Waals surface area contributed by atoms with Crippen LogP contribution in [0.3, 0.4) is 0 Å². The smallest absolute Gasteiger partial charge is 0.318 e. The van der Waals surface area contributed by atoms with Crippen LogP contribution in [-0.4, -0.2) is 5.97 Å². The molecule has 1 atom stereocenters. The highest BCUT2D eigenvalue weighted by molar-refractivity contribution is 7.99. The number of ether oxygens (including phenoxy) is 1. The Labute approximate surface area is 116 Å². The Morgan fingerprint density at radius 2 is 1.79 bits per heavy atom. The van der Waals surface area contributed by atoms with Gasteiger partial charge in [-0.25, -0.2) is 0 Å². The minimum absolute atomic E-state index is 0.159. The summed E-state index contributed by atoms with van der Waals surface area (Å²) in [4.78, 5) is 13.9. The lowest BCUT2D eigenvalue weighted by Gasteiger charge is -2.08. The SMILES string of the molecule is Cc1ccccc1Sc1cccc2c1OC(=O)C2C. The fourth-order valence-corrected chi connectivity index (χ4v) is 3.18. The van der Waals surface area contributed by atoms with Crippen molar-refractivity contribution < 1.29 is 9.53 Å². The average molecular weight is 270 g/mol. The van der Waals surface area contributed by atoms with Crippen LogP contribution in [0.4, 0.5) is 0 Å². The molecule has 0 N–H and O–H groups in total. The molecule has 3 rings (SSSR count). The topological polar surface area (TPSA) is 26.3 Å². The predicted molar refractivity (Wildman–Crippen MR) is 75.8 cm³/mol. The van der Waals surface area contributed by atoms with Crippen molar-refractivity contribution in [1.82, 2.24) is 0 Å². The van der Waals surface area contributed by atoms with Gasteiger partial charge in [0.25, 0.3) is 0 Å². The molecule has 0 fully saturated rings. The van der Waals surface area contributed by atoms with E-state index in [0.29, 0.717) is 0 Å². The molecule has 0 radical (unpaired) electrons. The van der Waals surface area contributed by atoms with Gasteiger partial charge < -0.3 is 4.74 Å². The minimum atomic E-state index is -0.160. The molecule has 2 nitrogen and oxygen atoms in total. The zero-order chi connectivity index (χ0) is 13.4. The largest absolute Gasteiger partial charge is 0.425 e. The zero-order valence-electron chi connectivity index (χ0n) is 10.8. The summed E-state index contributed by atoms with van der Waals surface area (Å²) in [5.74, 6) is 0.411. The van der Waals surface area contributed by atoms with Gasteiger partial charge in [0.2, 0.25) is 0 Å². The third kappa shape index (κ3) is 2.15. The second-order valence-electron chi connectivity index (χ2n) is 4.68. The first-order valence-electron chi connectivity index (χ1n) is 6.25. The predicted octanol–water partition coefficient (Wildman–Crippen LogP) is 4.17. The van der Waals surface area contributed by atoms with E-state index < -0.39 is 0 Å². The first-order chi connectivity index (χ1) is 9.16. The van der Waals surface area contributed by atoms with Crippen LogP contribution in [0.1, 0.15) is 24.0 Å². The summed E-state index contributed by atoms with van der Waals surface area (Å²) in [5, 5.41) is 0. The third-order valence-corrected chi connectivity index (χ3v) is 4.56. The number of rotatable bonds is 2. The molecule has 1 heterocycles. The molecule has 2 aromatic carbocycles. The summed E-state index contributed by atoms with van der Waals surface area (Å²) in [6.45, 7) is 3.97. The maximum atomic E-state index is 11.7. The highest BCUT2D eigenvalue weighted by atomic mass is 32.2. The van der Waals surface area contributed by atoms with E-state index in [1.165, 1.54) is 10.5 Å². The van der Waals surface area contributed by atoms with E-state index in [1.807, 2.05) is 37.3 Å². The molecule has 0 spiro atoms. The van der Waals surface area contributed by atoms with Crippen molar-refractivity contribution in [3.05, 3.63) is 53.6 Å². The van der Waals surface area contributed by atoms with Crippen LogP contribution in [0.5, 0.6) is 5.75 Å². The second-order valence-corrected chi connectivity index (χ2v) is 5.77. The average Bonchev–Trinajstić information content (AvgIpc) is 2.70. The van der Waals surface area contributed by atoms with Crippen LogP contribution >= 0.6 is 11.8 Å². The molecule has 0 amide bonds. The summed E-state index contributed by atoms with van der Waals surface area (Å²) in [6.07, 6.45) is 0. The summed E-state index contributed by atoms with van der Waals surface area (Å²) < 4.78 is 5.40. The summed E-state index contributed by atoms with van der Waals surface area (Å²) in [7, 11) is 0. The Morgan fingerprint density at radius 1 is 1.05 bits per heavy atom. The Hall–Kier alpha value is -1.74. The monoisotopic (exact) mass is 270 g/mol. The van der Waals surface area contributed by atoms with Gasteiger partial charge in [0.15, 0.2) is 0 Å². The van der Waals surface area contributed by atoms with Gasteiger partial charge in [-0.2, -0.15) is 0 Å². The number of aryl methyl sites for hydroxylation is 1. The maximum absolute atomic E-state index is 11.7. The standard InChI is InChI=1S/C16H14O2S/c1-10-6-3-4-8-13(10)19-14-9-5-7-12-11(2)16(17)18-15(12)14/h3-9,11H,1-2H3. The Kier molecular flexibility index (Phi) is 3.07. The van der Waals surface area contributed by atoms with Gasteiger partial charge in [0, 0.05) is 10.5 Å². The number of carbonyl (C=O) groups excluding carboxylic acids is 1. The van der Waals surface area contributed by atoms with E-state index in [1.54, 1.807) is 11.8 Å². The molecule has 0 bridgehead atoms. The molecule has 19 heavy (non-hydrogen) atoms. The number of hydrogen-bond acceptors (Lipinski definition) is 3. The molecular weight excluding hydrogens is 256 g/mol. The summed E-state index contributed by atoms with van der Waals surface area (Å²) >= 11 is 1.65. The normalized spacial score (nSPS) is 17.2. The Morgan fingerprint density at radius 3 is 2.58 bits per heavy atom. The van der Waals surface area contributed by atoms with Crippen molar-refractivity contribution in [1.29, 1.82) is 0 Å². The molecule has 0 aromatic heterocycles. The van der Waals surface area contributed by atoms with Gasteiger partial charge in [-0.15, -0.1) is 0 Å². The molecule has 0 aliphatic carbocycles. The minimum Gasteiger partial charge on any atom is -0.425 e. The molecule has 0 saturated carbocycles. The van der Waals surface area contributed by atoms with Crippen molar-refractivity contribution in [2.75, 3.05) is 0 Å². The first-order valence-corrected chi connectivity index (χ1v) is 7.06. The molecular formula is C16H14O2S. The van der Waals surface area contributed by atoms with E-state index in [0.717, 1.165) is 16.2 Å². The first kappa shape index (κ1) is 12.3. The maximum Gasteiger partial charge on any atom is 0.318 e. The van der Waals surface area contributed by atoms with Crippen molar-refractivity contribution in [3.8, 4) is 5.75 Å². The molecule has 1 aliphatic heterocycles. The number of fused-ring (bicyclic) bond motifs is 1. The van der Waals surface area contributed by atoms with Gasteiger partial charge in [0.05, 0.1) is 10.8 Å². The number of carbonyl (C=O) groups is 1. The quantitative estimate of drug-likeness (QED) is 0.605. The van der Waals surface area contributed by atoms with Crippen LogP contribution in [-0.2, 0) is 4.79 Å². The highest BCUT2D eigenvalue weighted by Gasteiger charge is 2.31. The molecule has 96 valence electrons. The van der Waals surface area contributed by atoms with E-state index in [9.17, 15) is 4.79 Å². The van der Waals surface area contributed by atoms with Crippen LogP contribution in [0.15, 0.2) is 52.3 Å². The van der Waals surface area contributed by atoms with E-state index in [2.05, 4.69) is 19.1 Å². The number of esters is 1. The number of para-hydroxylation sites is 1. The van der Waals surface area contributed by atoms with Crippen molar-refractivity contribution in [2.24, 2.45) is 0 Å². The van der Waals surface area contributed by atoms with Crippen LogP contribution in [0.25, 0.3) is 0 Å². The second kappa shape index (κ2) is 4.74. The summed E-state index contributed by atoms with van der Waals surface area (Å²) in [5.41, 5.74) is 2.21. The molecule has 0 saturated heterocycles. The van der Waals surface area contributed by atoms with E-state index in [-0.39, 0.29) is 11.9 Å². The lowest BCUT2D eigenvalue weighted by molar-refractivity contribution is -0.133. The fraction of sp³-hybridized carbons (Fsp3) is 0.188. The Bertz CT molecular complexity index is 649. The molecule has 1 aliphatic rings. The Balaban J connectivity index is 2.00. The van der Waals surface area contributed by atoms with Crippen LogP contribution < -0.4 is 4.74 Å². The third-order valence-electron chi connectivity index (χ3n) is 3.35. The van der Waals surface area contributed by atoms with Crippen LogP contribution in [0, 0.1) is 6.92 Å². The molecule has 3 heteroatoms. The van der Waals surface area contributed by atoms with E-state index in [4.69, 9.17) is 4.74 Å². The number of benzene rings is 2. The van der Waals surface area contributed by atoms with Crippen LogP contribution in [0.2, 0.25) is 0 Å². The summed E-state index contributed by atoms with van der Waals surface area (Å²) in [6, 6.07) is 14.2. The van der Waals surface area contributed by atoms with Crippen molar-refractivity contribution >= 4 is 17.7 Å². The van der Waals surface area contributed by atoms with Crippen molar-refractivity contribution in [2.45, 2.75) is 29.6 Å². The molecule has 1 unspecified atom stereocenters. The van der Waals surface area contributed by atoms with Gasteiger partial charge in [0.1, 0.15) is 5.75 Å². The highest BCUT2D eigenvalue weighted by Crippen LogP contribution is 2.44. The lowest BCUT2D eigenvalue weighted by atomic mass is 10.0. The van der Waals surface area contributed by atoms with Gasteiger partial charge in [-0.05, 0) is 31.5 Å². The van der Waals surface area contributed by atoms with E-state index >= 15 is 0 Å². The number of hydrogen-bond donors (Lipinski definition) is 0. The van der Waals surface area contributed by atoms with Gasteiger partial charge in [-0.1, -0.05) is 42.1 Å². The molecule has 2 aromatic rings. The van der Waals surface area contributed by atoms with Gasteiger partial charge in [-0.3, -0.25) is 4.79 Å². The van der Waals surface area contributed by atoms with Crippen molar-refractivity contribution in [3.63, 3.8) is 0 Å².